The summed E-state index contributed by atoms with van der Waals surface area (Å²) in [4.78, 5) is 0. The zero-order valence-electron chi connectivity index (χ0n) is 8.72. The van der Waals surface area contributed by atoms with Crippen molar-refractivity contribution in [3.05, 3.63) is 27.1 Å². The van der Waals surface area contributed by atoms with Gasteiger partial charge in [0.25, 0.3) is 0 Å². The molecule has 0 heterocycles. The lowest BCUT2D eigenvalue weighted by Gasteiger charge is -2.08. The summed E-state index contributed by atoms with van der Waals surface area (Å²) >= 11 is 6.86. The van der Waals surface area contributed by atoms with Gasteiger partial charge in [-0.2, -0.15) is 0 Å². The van der Waals surface area contributed by atoms with Crippen molar-refractivity contribution >= 4 is 31.9 Å². The average Bonchev–Trinajstić information content (AvgIpc) is 2.20. The van der Waals surface area contributed by atoms with Crippen LogP contribution in [0, 0.1) is 0 Å². The minimum Gasteiger partial charge on any atom is -0.492 e. The van der Waals surface area contributed by atoms with Gasteiger partial charge in [0, 0.05) is 4.47 Å². The van der Waals surface area contributed by atoms with E-state index in [2.05, 4.69) is 44.1 Å². The van der Waals surface area contributed by atoms with Gasteiger partial charge in [0.2, 0.25) is 0 Å². The van der Waals surface area contributed by atoms with Crippen LogP contribution in [0.2, 0.25) is 0 Å². The average molecular weight is 337 g/mol. The molecule has 0 amide bonds. The highest BCUT2D eigenvalue weighted by Crippen LogP contribution is 2.28. The van der Waals surface area contributed by atoms with Crippen molar-refractivity contribution in [1.29, 1.82) is 0 Å². The van der Waals surface area contributed by atoms with Crippen molar-refractivity contribution < 1.29 is 4.74 Å². The van der Waals surface area contributed by atoms with Crippen molar-refractivity contribution in [2.24, 2.45) is 0 Å². The van der Waals surface area contributed by atoms with E-state index in [1.165, 1.54) is 0 Å². The molecule has 15 heavy (non-hydrogen) atoms. The van der Waals surface area contributed by atoms with Gasteiger partial charge in [-0.25, -0.2) is 0 Å². The summed E-state index contributed by atoms with van der Waals surface area (Å²) in [5.41, 5.74) is 0. The molecule has 1 N–H and O–H groups in total. The van der Waals surface area contributed by atoms with E-state index in [1.54, 1.807) is 0 Å². The van der Waals surface area contributed by atoms with E-state index in [1.807, 2.05) is 18.2 Å². The first-order valence-corrected chi connectivity index (χ1v) is 6.61. The van der Waals surface area contributed by atoms with E-state index < -0.39 is 0 Å². The molecule has 0 aliphatic carbocycles. The molecule has 0 aliphatic heterocycles. The van der Waals surface area contributed by atoms with Crippen LogP contribution in [-0.4, -0.2) is 19.7 Å². The summed E-state index contributed by atoms with van der Waals surface area (Å²) in [6, 6.07) is 5.92. The van der Waals surface area contributed by atoms with Gasteiger partial charge >= 0.3 is 0 Å². The molecule has 0 fully saturated rings. The van der Waals surface area contributed by atoms with Gasteiger partial charge in [0.1, 0.15) is 5.75 Å². The summed E-state index contributed by atoms with van der Waals surface area (Å²) in [6.07, 6.45) is 1.02. The predicted molar refractivity (Wildman–Crippen MR) is 70.5 cm³/mol. The Morgan fingerprint density at radius 1 is 1.33 bits per heavy atom. The Morgan fingerprint density at radius 3 is 2.80 bits per heavy atom. The third-order valence-corrected chi connectivity index (χ3v) is 3.01. The third kappa shape index (κ3) is 5.00. The van der Waals surface area contributed by atoms with Gasteiger partial charge in [-0.15, -0.1) is 0 Å². The highest BCUT2D eigenvalue weighted by Gasteiger charge is 2.00. The molecule has 4 heteroatoms. The van der Waals surface area contributed by atoms with Crippen LogP contribution in [0.4, 0.5) is 0 Å². The Balaban J connectivity index is 2.31. The maximum absolute atomic E-state index is 5.63. The van der Waals surface area contributed by atoms with Crippen LogP contribution in [0.25, 0.3) is 0 Å². The molecule has 0 saturated carbocycles. The fourth-order valence-electron chi connectivity index (χ4n) is 1.15. The van der Waals surface area contributed by atoms with Crippen molar-refractivity contribution in [2.45, 2.75) is 13.3 Å². The summed E-state index contributed by atoms with van der Waals surface area (Å²) < 4.78 is 7.67. The van der Waals surface area contributed by atoms with Crippen molar-refractivity contribution in [2.75, 3.05) is 19.7 Å². The van der Waals surface area contributed by atoms with E-state index in [4.69, 9.17) is 4.74 Å². The summed E-state index contributed by atoms with van der Waals surface area (Å²) in [5.74, 6) is 0.898. The molecule has 0 spiro atoms. The summed E-state index contributed by atoms with van der Waals surface area (Å²) in [7, 11) is 0. The lowest BCUT2D eigenvalue weighted by atomic mass is 10.3. The topological polar surface area (TPSA) is 21.3 Å². The first kappa shape index (κ1) is 13.0. The van der Waals surface area contributed by atoms with Gasteiger partial charge < -0.3 is 10.1 Å². The van der Waals surface area contributed by atoms with E-state index in [0.717, 1.165) is 40.8 Å². The minimum absolute atomic E-state index is 0.743. The lowest BCUT2D eigenvalue weighted by molar-refractivity contribution is 0.307. The number of benzene rings is 1. The zero-order chi connectivity index (χ0) is 11.1. The highest BCUT2D eigenvalue weighted by molar-refractivity contribution is 9.11. The molecule has 2 nitrogen and oxygen atoms in total. The molecule has 0 bridgehead atoms. The monoisotopic (exact) mass is 335 g/mol. The number of ether oxygens (including phenoxy) is 1. The molecule has 0 unspecified atom stereocenters. The van der Waals surface area contributed by atoms with E-state index in [9.17, 15) is 0 Å². The van der Waals surface area contributed by atoms with Crippen LogP contribution >= 0.6 is 31.9 Å². The molecular formula is C11H15Br2NO. The molecule has 0 atom stereocenters. The second-order valence-corrected chi connectivity index (χ2v) is 4.90. The summed E-state index contributed by atoms with van der Waals surface area (Å²) in [5, 5.41) is 3.26. The Morgan fingerprint density at radius 2 is 2.13 bits per heavy atom. The van der Waals surface area contributed by atoms with Gasteiger partial charge in [-0.05, 0) is 53.6 Å². The number of rotatable bonds is 6. The molecule has 0 aromatic heterocycles. The lowest BCUT2D eigenvalue weighted by Crippen LogP contribution is -2.16. The van der Waals surface area contributed by atoms with Gasteiger partial charge in [-0.3, -0.25) is 0 Å². The standard InChI is InChI=1S/C11H15Br2NO/c1-2-14-6-3-7-15-11-5-4-9(12)8-10(11)13/h4-5,8,14H,2-3,6-7H2,1H3. The van der Waals surface area contributed by atoms with E-state index in [-0.39, 0.29) is 0 Å². The Kier molecular flexibility index (Phi) is 6.29. The second kappa shape index (κ2) is 7.25. The van der Waals surface area contributed by atoms with Crippen LogP contribution in [-0.2, 0) is 0 Å². The van der Waals surface area contributed by atoms with Gasteiger partial charge in [0.05, 0.1) is 11.1 Å². The maximum Gasteiger partial charge on any atom is 0.133 e. The normalized spacial score (nSPS) is 10.3. The third-order valence-electron chi connectivity index (χ3n) is 1.90. The molecule has 1 aromatic carbocycles. The largest absolute Gasteiger partial charge is 0.492 e. The molecule has 84 valence electrons. The molecule has 0 radical (unpaired) electrons. The van der Waals surface area contributed by atoms with Gasteiger partial charge in [-0.1, -0.05) is 22.9 Å². The quantitative estimate of drug-likeness (QED) is 0.801. The Bertz CT molecular complexity index is 305. The van der Waals surface area contributed by atoms with Crippen LogP contribution in [0.5, 0.6) is 5.75 Å². The van der Waals surface area contributed by atoms with Crippen LogP contribution in [0.1, 0.15) is 13.3 Å². The number of halogens is 2. The molecule has 1 rings (SSSR count). The smallest absolute Gasteiger partial charge is 0.133 e. The SMILES string of the molecule is CCNCCCOc1ccc(Br)cc1Br. The maximum atomic E-state index is 5.63. The molecule has 0 aliphatic rings. The van der Waals surface area contributed by atoms with Crippen LogP contribution in [0.15, 0.2) is 27.1 Å². The minimum atomic E-state index is 0.743. The fourth-order valence-corrected chi connectivity index (χ4v) is 2.31. The molecule has 1 aromatic rings. The molecular weight excluding hydrogens is 322 g/mol. The number of hydrogen-bond donors (Lipinski definition) is 1. The van der Waals surface area contributed by atoms with Crippen LogP contribution in [0.3, 0.4) is 0 Å². The first-order valence-electron chi connectivity index (χ1n) is 5.02. The Hall–Kier alpha value is -0.0600. The van der Waals surface area contributed by atoms with E-state index >= 15 is 0 Å². The predicted octanol–water partition coefficient (Wildman–Crippen LogP) is 3.59. The second-order valence-electron chi connectivity index (χ2n) is 3.13. The van der Waals surface area contributed by atoms with Crippen LogP contribution < -0.4 is 10.1 Å². The van der Waals surface area contributed by atoms with Crippen molar-refractivity contribution in [3.63, 3.8) is 0 Å². The van der Waals surface area contributed by atoms with E-state index in [0.29, 0.717) is 0 Å². The highest BCUT2D eigenvalue weighted by atomic mass is 79.9. The van der Waals surface area contributed by atoms with Gasteiger partial charge in [0.15, 0.2) is 0 Å². The zero-order valence-corrected chi connectivity index (χ0v) is 11.9. The van der Waals surface area contributed by atoms with Crippen molar-refractivity contribution in [1.82, 2.24) is 5.32 Å². The molecule has 0 saturated heterocycles. The van der Waals surface area contributed by atoms with Crippen molar-refractivity contribution in [3.8, 4) is 5.75 Å². The fraction of sp³-hybridized carbons (Fsp3) is 0.455. The number of hydrogen-bond acceptors (Lipinski definition) is 2. The summed E-state index contributed by atoms with van der Waals surface area (Å²) in [6.45, 7) is 4.87. The Labute approximate surface area is 108 Å². The number of nitrogens with one attached hydrogen (secondary N) is 1. The first-order chi connectivity index (χ1) is 7.24.